The van der Waals surface area contributed by atoms with Crippen LogP contribution in [0.2, 0.25) is 0 Å². The van der Waals surface area contributed by atoms with Gasteiger partial charge in [-0.1, -0.05) is 127 Å². The summed E-state index contributed by atoms with van der Waals surface area (Å²) in [7, 11) is 0. The maximum absolute atomic E-state index is 11.5. The Balaban J connectivity index is 0.000000166. The van der Waals surface area contributed by atoms with E-state index < -0.39 is 109 Å². The highest BCUT2D eigenvalue weighted by Crippen LogP contribution is 2.21. The molecule has 6 unspecified atom stereocenters. The van der Waals surface area contributed by atoms with Crippen molar-refractivity contribution in [3.63, 3.8) is 0 Å². The molecule has 0 saturated carbocycles. The van der Waals surface area contributed by atoms with E-state index in [9.17, 15) is 57.5 Å². The Kier molecular flexibility index (Phi) is 28.5. The first kappa shape index (κ1) is 73.2. The lowest BCUT2D eigenvalue weighted by Crippen LogP contribution is -2.28. The van der Waals surface area contributed by atoms with Crippen molar-refractivity contribution in [3.05, 3.63) is 192 Å². The van der Waals surface area contributed by atoms with E-state index in [2.05, 4.69) is 56.8 Å². The first-order valence-corrected chi connectivity index (χ1v) is 29.8. The van der Waals surface area contributed by atoms with Crippen LogP contribution in [0.3, 0.4) is 0 Å². The van der Waals surface area contributed by atoms with Crippen LogP contribution in [0.4, 0.5) is 28.8 Å². The van der Waals surface area contributed by atoms with E-state index in [0.717, 1.165) is 35.1 Å². The molecule has 516 valence electrons. The Labute approximate surface area is 557 Å². The van der Waals surface area contributed by atoms with Gasteiger partial charge in [-0.3, -0.25) is 0 Å². The van der Waals surface area contributed by atoms with Crippen LogP contribution in [-0.4, -0.2) is 162 Å². The van der Waals surface area contributed by atoms with Crippen LogP contribution >= 0.6 is 0 Å². The molecular formula is C68H64O30. The number of ether oxygens (including phenoxy) is 18. The van der Waals surface area contributed by atoms with Gasteiger partial charge in [0.25, 0.3) is 0 Å². The second-order valence-corrected chi connectivity index (χ2v) is 20.6. The molecule has 6 aliphatic rings. The third kappa shape index (κ3) is 25.6. The van der Waals surface area contributed by atoms with E-state index in [1.807, 2.05) is 112 Å². The Morgan fingerprint density at radius 2 is 0.663 bits per heavy atom. The molecular weight excluding hydrogens is 1300 g/mol. The van der Waals surface area contributed by atoms with Gasteiger partial charge < -0.3 is 85.3 Å². The molecule has 6 fully saturated rings. The summed E-state index contributed by atoms with van der Waals surface area (Å²) < 4.78 is 84.5. The van der Waals surface area contributed by atoms with Gasteiger partial charge in [-0.05, 0) is 98.3 Å². The first-order valence-electron chi connectivity index (χ1n) is 29.8. The standard InChI is InChI=1S/C13H14O5.C12H12O5.3C11H10O5.C10H8O5/c14-12(11-9-17-13(15)18-11)16-8-4-7-10-5-2-1-3-6-10;13-11(10-8-16-12(14)17-10)15-7-6-9-4-2-1-3-5-9;1-7-2-4-8(5-3-7)15-10(12)9-6-14-11(13)16-9;1-7-3-2-4-8(5-7)15-10(12)9-6-14-11(13)16-9;1-7-4-2-3-5-8(7)15-10(12)9-6-14-11(13)16-9;11-9(8-6-13-10(12)15-8)14-7-4-2-1-3-5-7/h1-3,5-6,11H,4,7-9H2;1-5,10H,6-8H2;3*2-5,9H,6H2,1H3;1-5,8H,6H2. The number of carbonyl (C=O) groups excluding carboxylic acids is 12. The monoisotopic (exact) mass is 1360 g/mol. The third-order valence-corrected chi connectivity index (χ3v) is 13.0. The number of cyclic esters (lactones) is 12. The molecule has 6 heterocycles. The van der Waals surface area contributed by atoms with Gasteiger partial charge >= 0.3 is 72.7 Å². The molecule has 0 N–H and O–H groups in total. The van der Waals surface area contributed by atoms with E-state index in [0.29, 0.717) is 36.0 Å². The fraction of sp³-hybridized carbons (Fsp3) is 0.294. The van der Waals surface area contributed by atoms with Gasteiger partial charge in [0, 0.05) is 6.42 Å². The molecule has 6 saturated heterocycles. The van der Waals surface area contributed by atoms with Gasteiger partial charge in [-0.2, -0.15) is 0 Å². The van der Waals surface area contributed by atoms with Crippen LogP contribution in [0.5, 0.6) is 23.0 Å². The summed E-state index contributed by atoms with van der Waals surface area (Å²) in [5, 5.41) is 0. The summed E-state index contributed by atoms with van der Waals surface area (Å²) in [5.74, 6) is -1.92. The van der Waals surface area contributed by atoms with Crippen molar-refractivity contribution in [2.45, 2.75) is 76.7 Å². The first-order chi connectivity index (χ1) is 47.2. The lowest BCUT2D eigenvalue weighted by atomic mass is 10.1. The maximum atomic E-state index is 11.5. The van der Waals surface area contributed by atoms with Crippen molar-refractivity contribution in [3.8, 4) is 23.0 Å². The summed E-state index contributed by atoms with van der Waals surface area (Å²) in [6, 6.07) is 49.2. The van der Waals surface area contributed by atoms with Gasteiger partial charge in [0.05, 0.1) is 13.2 Å². The minimum absolute atomic E-state index is 0.0592. The van der Waals surface area contributed by atoms with E-state index in [1.165, 1.54) is 5.56 Å². The lowest BCUT2D eigenvalue weighted by Gasteiger charge is -2.08. The van der Waals surface area contributed by atoms with Crippen LogP contribution in [0.1, 0.15) is 34.2 Å². The zero-order valence-electron chi connectivity index (χ0n) is 52.6. The third-order valence-electron chi connectivity index (χ3n) is 13.0. The molecule has 30 heteroatoms. The average Bonchev–Trinajstić information content (AvgIpc) is 1.56. The van der Waals surface area contributed by atoms with Gasteiger partial charge in [0.1, 0.15) is 62.6 Å². The minimum Gasteiger partial charge on any atom is -0.463 e. The fourth-order valence-electron chi connectivity index (χ4n) is 8.02. The van der Waals surface area contributed by atoms with Crippen LogP contribution in [-0.2, 0) is 108 Å². The van der Waals surface area contributed by atoms with E-state index in [4.69, 9.17) is 28.4 Å². The van der Waals surface area contributed by atoms with Crippen molar-refractivity contribution in [1.82, 2.24) is 0 Å². The quantitative estimate of drug-likeness (QED) is 0.0357. The van der Waals surface area contributed by atoms with Gasteiger partial charge in [-0.15, -0.1) is 0 Å². The fourth-order valence-corrected chi connectivity index (χ4v) is 8.02. The van der Waals surface area contributed by atoms with E-state index >= 15 is 0 Å². The zero-order valence-corrected chi connectivity index (χ0v) is 52.6. The van der Waals surface area contributed by atoms with Crippen LogP contribution in [0, 0.1) is 20.8 Å². The van der Waals surface area contributed by atoms with Crippen molar-refractivity contribution in [2.24, 2.45) is 0 Å². The number of carbonyl (C=O) groups is 12. The molecule has 0 aliphatic carbocycles. The van der Waals surface area contributed by atoms with Crippen LogP contribution in [0.15, 0.2) is 164 Å². The normalized spacial score (nSPS) is 18.6. The molecule has 0 aromatic heterocycles. The molecule has 0 spiro atoms. The molecule has 30 nitrogen and oxygen atoms in total. The summed E-state index contributed by atoms with van der Waals surface area (Å²) in [5.41, 5.74) is 5.16. The molecule has 6 aromatic rings. The van der Waals surface area contributed by atoms with E-state index in [-0.39, 0.29) is 46.2 Å². The number of esters is 6. The Morgan fingerprint density at radius 3 is 1.06 bits per heavy atom. The second-order valence-electron chi connectivity index (χ2n) is 20.6. The van der Waals surface area contributed by atoms with Crippen molar-refractivity contribution in [2.75, 3.05) is 52.9 Å². The number of hydrogen-bond donors (Lipinski definition) is 0. The summed E-state index contributed by atoms with van der Waals surface area (Å²) in [6.45, 7) is 5.70. The minimum atomic E-state index is -0.966. The topological polar surface area (TPSA) is 371 Å². The number of hydrogen-bond acceptors (Lipinski definition) is 30. The van der Waals surface area contributed by atoms with Crippen molar-refractivity contribution < 1.29 is 143 Å². The molecule has 98 heavy (non-hydrogen) atoms. The molecule has 0 bridgehead atoms. The van der Waals surface area contributed by atoms with Crippen LogP contribution in [0.25, 0.3) is 0 Å². The highest BCUT2D eigenvalue weighted by atomic mass is 16.8. The van der Waals surface area contributed by atoms with Crippen LogP contribution < -0.4 is 18.9 Å². The number of benzene rings is 6. The molecule has 0 radical (unpaired) electrons. The summed E-state index contributed by atoms with van der Waals surface area (Å²) in [4.78, 5) is 132. The smallest absolute Gasteiger partial charge is 0.463 e. The van der Waals surface area contributed by atoms with Gasteiger partial charge in [0.15, 0.2) is 0 Å². The largest absolute Gasteiger partial charge is 0.509 e. The highest BCUT2D eigenvalue weighted by Gasteiger charge is 2.38. The highest BCUT2D eigenvalue weighted by molar-refractivity contribution is 5.84. The zero-order chi connectivity index (χ0) is 70.2. The van der Waals surface area contributed by atoms with Gasteiger partial charge in [-0.25, -0.2) is 57.5 Å². The number of para-hydroxylation sites is 2. The molecule has 0 amide bonds. The predicted molar refractivity (Wildman–Crippen MR) is 327 cm³/mol. The van der Waals surface area contributed by atoms with Crippen molar-refractivity contribution in [1.29, 1.82) is 0 Å². The lowest BCUT2D eigenvalue weighted by molar-refractivity contribution is -0.152. The summed E-state index contributed by atoms with van der Waals surface area (Å²) in [6.07, 6.45) is -8.48. The number of aryl methyl sites for hydroxylation is 4. The Morgan fingerprint density at radius 1 is 0.327 bits per heavy atom. The Hall–Kier alpha value is -12.2. The summed E-state index contributed by atoms with van der Waals surface area (Å²) >= 11 is 0. The van der Waals surface area contributed by atoms with Gasteiger partial charge in [0.2, 0.25) is 36.6 Å². The predicted octanol–water partition coefficient (Wildman–Crippen LogP) is 8.44. The average molecular weight is 1360 g/mol. The number of rotatable bonds is 17. The molecule has 12 rings (SSSR count). The van der Waals surface area contributed by atoms with E-state index in [1.54, 1.807) is 72.8 Å². The maximum Gasteiger partial charge on any atom is 0.509 e. The molecule has 6 aliphatic heterocycles. The van der Waals surface area contributed by atoms with Crippen molar-refractivity contribution >= 4 is 72.7 Å². The SMILES string of the molecule is Cc1ccc(OC(=O)C2COC(=O)O2)cc1.Cc1cccc(OC(=O)C2COC(=O)O2)c1.Cc1ccccc1OC(=O)C1COC(=O)O1.O=C1OCC(C(=O)OCCCc2ccccc2)O1.O=C1OCC(C(=O)OCCc2ccccc2)O1.O=C1OCC(C(=O)Oc2ccccc2)O1. The molecule has 6 atom stereocenters. The molecule has 6 aromatic carbocycles. The Bertz CT molecular complexity index is 3690. The second kappa shape index (κ2) is 38.2.